The van der Waals surface area contributed by atoms with Gasteiger partial charge in [-0.2, -0.15) is 4.80 Å². The Hall–Kier alpha value is -1.30. The number of ketones is 1. The van der Waals surface area contributed by atoms with Crippen molar-refractivity contribution in [2.75, 3.05) is 13.1 Å². The molecule has 0 saturated carbocycles. The first kappa shape index (κ1) is 10.2. The van der Waals surface area contributed by atoms with E-state index < -0.39 is 0 Å². The summed E-state index contributed by atoms with van der Waals surface area (Å²) in [4.78, 5) is 13.3. The highest BCUT2D eigenvalue weighted by atomic mass is 16.1. The topological polar surface area (TPSA) is 72.7 Å². The van der Waals surface area contributed by atoms with Crippen LogP contribution < -0.4 is 5.32 Å². The SMILES string of the molecule is CC1CNCC1C(=O)Cc1nnn(C)n1. The van der Waals surface area contributed by atoms with Crippen LogP contribution in [-0.2, 0) is 18.3 Å². The van der Waals surface area contributed by atoms with E-state index in [0.29, 0.717) is 18.2 Å². The summed E-state index contributed by atoms with van der Waals surface area (Å²) in [7, 11) is 1.70. The average Bonchev–Trinajstić information content (AvgIpc) is 2.75. The summed E-state index contributed by atoms with van der Waals surface area (Å²) in [5.41, 5.74) is 0. The number of hydrogen-bond acceptors (Lipinski definition) is 5. The molecule has 1 N–H and O–H groups in total. The second-order valence-electron chi connectivity index (χ2n) is 4.08. The number of carbonyl (C=O) groups excluding carboxylic acids is 1. The van der Waals surface area contributed by atoms with E-state index in [9.17, 15) is 4.79 Å². The normalized spacial score (nSPS) is 25.7. The molecule has 1 aromatic heterocycles. The second kappa shape index (κ2) is 4.06. The van der Waals surface area contributed by atoms with Crippen LogP contribution in [0, 0.1) is 11.8 Å². The molecule has 2 atom stereocenters. The van der Waals surface area contributed by atoms with Gasteiger partial charge in [0.1, 0.15) is 5.78 Å². The minimum Gasteiger partial charge on any atom is -0.316 e. The average molecular weight is 209 g/mol. The summed E-state index contributed by atoms with van der Waals surface area (Å²) in [5, 5.41) is 14.7. The number of hydrogen-bond donors (Lipinski definition) is 1. The third-order valence-electron chi connectivity index (χ3n) is 2.81. The van der Waals surface area contributed by atoms with Gasteiger partial charge in [0, 0.05) is 12.5 Å². The van der Waals surface area contributed by atoms with Gasteiger partial charge in [-0.3, -0.25) is 4.79 Å². The lowest BCUT2D eigenvalue weighted by Gasteiger charge is -2.10. The van der Waals surface area contributed by atoms with Gasteiger partial charge in [0.25, 0.3) is 0 Å². The van der Waals surface area contributed by atoms with Crippen LogP contribution in [0.4, 0.5) is 0 Å². The molecule has 0 radical (unpaired) electrons. The van der Waals surface area contributed by atoms with E-state index in [1.54, 1.807) is 7.05 Å². The van der Waals surface area contributed by atoms with Crippen LogP contribution in [0.15, 0.2) is 0 Å². The molecule has 1 aliphatic heterocycles. The minimum atomic E-state index is 0.105. The molecule has 0 aliphatic carbocycles. The van der Waals surface area contributed by atoms with Crippen molar-refractivity contribution in [1.29, 1.82) is 0 Å². The predicted molar refractivity (Wildman–Crippen MR) is 53.0 cm³/mol. The zero-order valence-electron chi connectivity index (χ0n) is 8.97. The first-order valence-corrected chi connectivity index (χ1v) is 5.13. The number of rotatable bonds is 3. The highest BCUT2D eigenvalue weighted by Crippen LogP contribution is 2.17. The molecule has 82 valence electrons. The minimum absolute atomic E-state index is 0.105. The first-order chi connectivity index (χ1) is 7.16. The molecular weight excluding hydrogens is 194 g/mol. The molecule has 1 aromatic rings. The van der Waals surface area contributed by atoms with Gasteiger partial charge in [-0.15, -0.1) is 10.2 Å². The van der Waals surface area contributed by atoms with Crippen LogP contribution >= 0.6 is 0 Å². The van der Waals surface area contributed by atoms with Crippen LogP contribution in [0.2, 0.25) is 0 Å². The fraction of sp³-hybridized carbons (Fsp3) is 0.778. The van der Waals surface area contributed by atoms with E-state index in [0.717, 1.165) is 13.1 Å². The Kier molecular flexibility index (Phi) is 2.77. The lowest BCUT2D eigenvalue weighted by molar-refractivity contribution is -0.122. The standard InChI is InChI=1S/C9H15N5O/c1-6-4-10-5-7(6)8(15)3-9-11-13-14(2)12-9/h6-7,10H,3-5H2,1-2H3. The number of tetrazole rings is 1. The van der Waals surface area contributed by atoms with Crippen molar-refractivity contribution in [3.05, 3.63) is 5.82 Å². The molecule has 6 heteroatoms. The Balaban J connectivity index is 1.97. The largest absolute Gasteiger partial charge is 0.316 e. The highest BCUT2D eigenvalue weighted by molar-refractivity contribution is 5.83. The number of aromatic nitrogens is 4. The molecule has 1 fully saturated rings. The monoisotopic (exact) mass is 209 g/mol. The maximum Gasteiger partial charge on any atom is 0.182 e. The second-order valence-corrected chi connectivity index (χ2v) is 4.08. The van der Waals surface area contributed by atoms with Gasteiger partial charge in [-0.25, -0.2) is 0 Å². The van der Waals surface area contributed by atoms with Gasteiger partial charge in [0.2, 0.25) is 0 Å². The quantitative estimate of drug-likeness (QED) is 0.704. The van der Waals surface area contributed by atoms with E-state index in [-0.39, 0.29) is 11.7 Å². The molecule has 1 saturated heterocycles. The molecule has 2 heterocycles. The molecule has 6 nitrogen and oxygen atoms in total. The van der Waals surface area contributed by atoms with Crippen molar-refractivity contribution >= 4 is 5.78 Å². The van der Waals surface area contributed by atoms with E-state index in [2.05, 4.69) is 27.7 Å². The lowest BCUT2D eigenvalue weighted by Crippen LogP contribution is -2.23. The Labute approximate surface area is 88.0 Å². The van der Waals surface area contributed by atoms with Crippen LogP contribution in [0.1, 0.15) is 12.7 Å². The zero-order chi connectivity index (χ0) is 10.8. The number of Topliss-reactive ketones (excluding diaryl/α,β-unsaturated/α-hetero) is 1. The van der Waals surface area contributed by atoms with Crippen molar-refractivity contribution in [3.63, 3.8) is 0 Å². The van der Waals surface area contributed by atoms with Crippen LogP contribution in [0.3, 0.4) is 0 Å². The Morgan fingerprint density at radius 3 is 2.93 bits per heavy atom. The lowest BCUT2D eigenvalue weighted by atomic mass is 9.92. The van der Waals surface area contributed by atoms with Gasteiger partial charge in [0.05, 0.1) is 13.5 Å². The summed E-state index contributed by atoms with van der Waals surface area (Å²) < 4.78 is 0. The van der Waals surface area contributed by atoms with Gasteiger partial charge in [-0.05, 0) is 17.7 Å². The molecule has 0 bridgehead atoms. The van der Waals surface area contributed by atoms with Crippen molar-refractivity contribution in [3.8, 4) is 0 Å². The smallest absolute Gasteiger partial charge is 0.182 e. The first-order valence-electron chi connectivity index (χ1n) is 5.13. The maximum absolute atomic E-state index is 11.9. The number of nitrogens with zero attached hydrogens (tertiary/aromatic N) is 4. The van der Waals surface area contributed by atoms with Crippen molar-refractivity contribution in [2.45, 2.75) is 13.3 Å². The predicted octanol–water partition coefficient (Wildman–Crippen LogP) is -0.823. The summed E-state index contributed by atoms with van der Waals surface area (Å²) in [5.74, 6) is 1.24. The van der Waals surface area contributed by atoms with Crippen molar-refractivity contribution in [1.82, 2.24) is 25.5 Å². The fourth-order valence-electron chi connectivity index (χ4n) is 1.92. The highest BCUT2D eigenvalue weighted by Gasteiger charge is 2.29. The fourth-order valence-corrected chi connectivity index (χ4v) is 1.92. The molecule has 0 spiro atoms. The third-order valence-corrected chi connectivity index (χ3v) is 2.81. The van der Waals surface area contributed by atoms with Gasteiger partial charge < -0.3 is 5.32 Å². The van der Waals surface area contributed by atoms with Gasteiger partial charge >= 0.3 is 0 Å². The molecule has 2 rings (SSSR count). The van der Waals surface area contributed by atoms with E-state index >= 15 is 0 Å². The third kappa shape index (κ3) is 2.20. The van der Waals surface area contributed by atoms with Crippen molar-refractivity contribution < 1.29 is 4.79 Å². The molecule has 0 aromatic carbocycles. The molecular formula is C9H15N5O. The van der Waals surface area contributed by atoms with E-state index in [4.69, 9.17) is 0 Å². The molecule has 0 amide bonds. The Morgan fingerprint density at radius 1 is 1.60 bits per heavy atom. The molecule has 2 unspecified atom stereocenters. The van der Waals surface area contributed by atoms with Crippen LogP contribution in [-0.4, -0.2) is 39.1 Å². The summed E-state index contributed by atoms with van der Waals surface area (Å²) in [6.45, 7) is 3.79. The van der Waals surface area contributed by atoms with E-state index in [1.807, 2.05) is 0 Å². The number of nitrogens with one attached hydrogen (secondary N) is 1. The number of carbonyl (C=O) groups is 1. The van der Waals surface area contributed by atoms with Crippen LogP contribution in [0.5, 0.6) is 0 Å². The summed E-state index contributed by atoms with van der Waals surface area (Å²) in [6, 6.07) is 0. The van der Waals surface area contributed by atoms with Crippen LogP contribution in [0.25, 0.3) is 0 Å². The number of aryl methyl sites for hydroxylation is 1. The Morgan fingerprint density at radius 2 is 2.40 bits per heavy atom. The van der Waals surface area contributed by atoms with Gasteiger partial charge in [-0.1, -0.05) is 6.92 Å². The molecule has 1 aliphatic rings. The zero-order valence-corrected chi connectivity index (χ0v) is 8.97. The molecule has 15 heavy (non-hydrogen) atoms. The van der Waals surface area contributed by atoms with E-state index in [1.165, 1.54) is 4.80 Å². The van der Waals surface area contributed by atoms with Crippen molar-refractivity contribution in [2.24, 2.45) is 18.9 Å². The Bertz CT molecular complexity index is 361. The summed E-state index contributed by atoms with van der Waals surface area (Å²) >= 11 is 0. The maximum atomic E-state index is 11.9. The summed E-state index contributed by atoms with van der Waals surface area (Å²) in [6.07, 6.45) is 0.296. The van der Waals surface area contributed by atoms with Gasteiger partial charge in [0.15, 0.2) is 5.82 Å².